The van der Waals surface area contributed by atoms with E-state index >= 15 is 0 Å². The van der Waals surface area contributed by atoms with Crippen LogP contribution in [0.4, 0.5) is 11.9 Å². The summed E-state index contributed by atoms with van der Waals surface area (Å²) >= 11 is 0. The number of hydrazine groups is 1. The molecule has 0 aliphatic heterocycles. The second kappa shape index (κ2) is 5.32. The number of nitrogens with zero attached hydrogens (tertiary/aromatic N) is 6. The zero-order chi connectivity index (χ0) is 13.8. The summed E-state index contributed by atoms with van der Waals surface area (Å²) in [5.41, 5.74) is 2.39. The number of anilines is 2. The zero-order valence-electron chi connectivity index (χ0n) is 10.3. The lowest BCUT2D eigenvalue weighted by Gasteiger charge is -2.07. The summed E-state index contributed by atoms with van der Waals surface area (Å²) in [6.07, 6.45) is 6.49. The van der Waals surface area contributed by atoms with Crippen molar-refractivity contribution in [2.24, 2.45) is 5.84 Å². The smallest absolute Gasteiger partial charge is 0.243 e. The fourth-order valence-corrected chi connectivity index (χ4v) is 1.50. The van der Waals surface area contributed by atoms with Crippen LogP contribution in [-0.2, 0) is 6.54 Å². The quantitative estimate of drug-likeness (QED) is 0.432. The molecule has 10 nitrogen and oxygen atoms in total. The van der Waals surface area contributed by atoms with Gasteiger partial charge in [-0.05, 0) is 0 Å². The van der Waals surface area contributed by atoms with Crippen molar-refractivity contribution in [3.8, 4) is 5.95 Å². The molecule has 3 rings (SSSR count). The number of nitrogens with one attached hydrogen (secondary N) is 2. The minimum Gasteiger partial charge on any atom is -0.360 e. The molecule has 0 aliphatic carbocycles. The fraction of sp³-hybridized carbons (Fsp3) is 0.100. The Morgan fingerprint density at radius 3 is 2.80 bits per heavy atom. The van der Waals surface area contributed by atoms with Crippen molar-refractivity contribution >= 4 is 11.9 Å². The third kappa shape index (κ3) is 2.54. The van der Waals surface area contributed by atoms with Gasteiger partial charge in [0.1, 0.15) is 6.33 Å². The number of hydrogen-bond acceptors (Lipinski definition) is 9. The van der Waals surface area contributed by atoms with Crippen LogP contribution >= 0.6 is 0 Å². The highest BCUT2D eigenvalue weighted by atomic mass is 16.5. The third-order valence-electron chi connectivity index (χ3n) is 2.40. The number of rotatable bonds is 5. The van der Waals surface area contributed by atoms with E-state index in [9.17, 15) is 0 Å². The van der Waals surface area contributed by atoms with E-state index in [1.54, 1.807) is 35.6 Å². The van der Waals surface area contributed by atoms with Crippen LogP contribution in [0.2, 0.25) is 0 Å². The molecule has 10 heteroatoms. The third-order valence-corrected chi connectivity index (χ3v) is 2.40. The Hall–Kier alpha value is -3.01. The molecule has 0 fully saturated rings. The van der Waals surface area contributed by atoms with Gasteiger partial charge in [-0.3, -0.25) is 9.99 Å². The Kier molecular flexibility index (Phi) is 3.20. The minimum atomic E-state index is 0.240. The minimum absolute atomic E-state index is 0.240. The zero-order valence-corrected chi connectivity index (χ0v) is 10.3. The highest BCUT2D eigenvalue weighted by Gasteiger charge is 2.07. The summed E-state index contributed by atoms with van der Waals surface area (Å²) in [6.45, 7) is 0.400. The van der Waals surface area contributed by atoms with Crippen LogP contribution in [0.5, 0.6) is 0 Å². The molecule has 0 radical (unpaired) electrons. The molecule has 0 amide bonds. The second-order valence-corrected chi connectivity index (χ2v) is 3.73. The van der Waals surface area contributed by atoms with E-state index in [1.165, 1.54) is 0 Å². The second-order valence-electron chi connectivity index (χ2n) is 3.73. The molecule has 4 N–H and O–H groups in total. The molecule has 0 saturated heterocycles. The first-order valence-corrected chi connectivity index (χ1v) is 5.69. The standard InChI is InChI=1S/C10H11N9O/c11-18-9-15-8(13-5-7-1-2-14-20-7)16-10(17-9)19-4-3-12-6-19/h1-4,6H,5,11H2,(H2,13,15,16,17,18). The van der Waals surface area contributed by atoms with Crippen LogP contribution in [0, 0.1) is 0 Å². The molecule has 0 saturated carbocycles. The fourth-order valence-electron chi connectivity index (χ4n) is 1.50. The summed E-state index contributed by atoms with van der Waals surface area (Å²) in [5, 5.41) is 6.61. The molecule has 0 atom stereocenters. The number of aromatic nitrogens is 6. The first-order chi connectivity index (χ1) is 9.85. The van der Waals surface area contributed by atoms with E-state index < -0.39 is 0 Å². The largest absolute Gasteiger partial charge is 0.360 e. The maximum absolute atomic E-state index is 5.35. The van der Waals surface area contributed by atoms with Gasteiger partial charge in [0.25, 0.3) is 0 Å². The van der Waals surface area contributed by atoms with Crippen LogP contribution in [0.15, 0.2) is 35.5 Å². The maximum Gasteiger partial charge on any atom is 0.243 e. The van der Waals surface area contributed by atoms with E-state index in [-0.39, 0.29) is 5.95 Å². The number of nitrogen functional groups attached to an aromatic ring is 1. The average Bonchev–Trinajstić information content (AvgIpc) is 3.17. The van der Waals surface area contributed by atoms with Gasteiger partial charge in [0.2, 0.25) is 17.8 Å². The highest BCUT2D eigenvalue weighted by Crippen LogP contribution is 2.09. The first-order valence-electron chi connectivity index (χ1n) is 5.69. The molecule has 3 heterocycles. The average molecular weight is 273 g/mol. The molecule has 0 spiro atoms. The van der Waals surface area contributed by atoms with Crippen LogP contribution in [0.25, 0.3) is 5.95 Å². The van der Waals surface area contributed by atoms with Crippen LogP contribution in [0.1, 0.15) is 5.76 Å². The first kappa shape index (κ1) is 12.0. The Morgan fingerprint density at radius 1 is 1.20 bits per heavy atom. The Labute approximate surface area is 113 Å². The molecule has 20 heavy (non-hydrogen) atoms. The lowest BCUT2D eigenvalue weighted by Crippen LogP contribution is -2.15. The molecular weight excluding hydrogens is 262 g/mol. The van der Waals surface area contributed by atoms with E-state index in [2.05, 4.69) is 35.8 Å². The van der Waals surface area contributed by atoms with Gasteiger partial charge in [-0.15, -0.1) is 0 Å². The SMILES string of the molecule is NNc1nc(NCc2ccno2)nc(-n2ccnc2)n1. The van der Waals surface area contributed by atoms with Crippen molar-refractivity contribution in [3.63, 3.8) is 0 Å². The predicted octanol–water partition coefficient (Wildman–Crippen LogP) is -0.0570. The van der Waals surface area contributed by atoms with Crippen molar-refractivity contribution in [1.82, 2.24) is 29.7 Å². The van der Waals surface area contributed by atoms with Gasteiger partial charge in [-0.2, -0.15) is 15.0 Å². The highest BCUT2D eigenvalue weighted by molar-refractivity contribution is 5.37. The molecule has 0 aromatic carbocycles. The lowest BCUT2D eigenvalue weighted by molar-refractivity contribution is 0.387. The number of hydrogen-bond donors (Lipinski definition) is 3. The van der Waals surface area contributed by atoms with E-state index in [1.807, 2.05) is 0 Å². The summed E-state index contributed by atoms with van der Waals surface area (Å²) in [4.78, 5) is 16.4. The van der Waals surface area contributed by atoms with Crippen LogP contribution in [-0.4, -0.2) is 29.7 Å². The summed E-state index contributed by atoms with van der Waals surface area (Å²) < 4.78 is 6.62. The van der Waals surface area contributed by atoms with E-state index in [0.717, 1.165) is 0 Å². The van der Waals surface area contributed by atoms with E-state index in [0.29, 0.717) is 24.2 Å². The molecule has 0 bridgehead atoms. The molecule has 3 aromatic rings. The molecule has 0 unspecified atom stereocenters. The normalized spacial score (nSPS) is 10.4. The number of nitrogens with two attached hydrogens (primary N) is 1. The van der Waals surface area contributed by atoms with Gasteiger partial charge in [0.15, 0.2) is 5.76 Å². The number of imidazole rings is 1. The predicted molar refractivity (Wildman–Crippen MR) is 68.6 cm³/mol. The van der Waals surface area contributed by atoms with Crippen molar-refractivity contribution in [2.45, 2.75) is 6.54 Å². The monoisotopic (exact) mass is 273 g/mol. The van der Waals surface area contributed by atoms with Gasteiger partial charge < -0.3 is 9.84 Å². The van der Waals surface area contributed by atoms with Gasteiger partial charge >= 0.3 is 0 Å². The van der Waals surface area contributed by atoms with Gasteiger partial charge in [-0.1, -0.05) is 5.16 Å². The Balaban J connectivity index is 1.84. The van der Waals surface area contributed by atoms with Crippen molar-refractivity contribution in [1.29, 1.82) is 0 Å². The summed E-state index contributed by atoms with van der Waals surface area (Å²) in [5.74, 6) is 7.00. The van der Waals surface area contributed by atoms with E-state index in [4.69, 9.17) is 10.4 Å². The maximum atomic E-state index is 5.35. The molecule has 102 valence electrons. The van der Waals surface area contributed by atoms with Crippen LogP contribution < -0.4 is 16.6 Å². The van der Waals surface area contributed by atoms with Crippen molar-refractivity contribution < 1.29 is 4.52 Å². The van der Waals surface area contributed by atoms with Gasteiger partial charge in [0.05, 0.1) is 12.7 Å². The van der Waals surface area contributed by atoms with Gasteiger partial charge in [-0.25, -0.2) is 10.8 Å². The van der Waals surface area contributed by atoms with Crippen molar-refractivity contribution in [3.05, 3.63) is 36.7 Å². The summed E-state index contributed by atoms with van der Waals surface area (Å²) in [7, 11) is 0. The lowest BCUT2D eigenvalue weighted by atomic mass is 10.4. The molecule has 3 aromatic heterocycles. The molecule has 0 aliphatic rings. The van der Waals surface area contributed by atoms with Gasteiger partial charge in [0, 0.05) is 18.5 Å². The topological polar surface area (TPSA) is 133 Å². The summed E-state index contributed by atoms with van der Waals surface area (Å²) in [6, 6.07) is 1.74. The van der Waals surface area contributed by atoms with Crippen LogP contribution in [0.3, 0.4) is 0 Å². The van der Waals surface area contributed by atoms with Crippen molar-refractivity contribution in [2.75, 3.05) is 10.7 Å². The Morgan fingerprint density at radius 2 is 2.10 bits per heavy atom. The Bertz CT molecular complexity index is 664. The molecular formula is C10H11N9O.